The number of fused-ring (bicyclic) bond motifs is 1. The molecule has 1 saturated heterocycles. The standard InChI is InChI=1S/C21H30N2O5S/c1-21(2)12-16-4-3-5-18(20(16)28-21)27-14-19(24)22-13-15-8-10-23(11-9-15)29(25,26)17-6-7-17/h3-5,15,17H,6-14H2,1-2H3,(H,22,24). The quantitative estimate of drug-likeness (QED) is 0.727. The van der Waals surface area contributed by atoms with Crippen LogP contribution in [-0.2, 0) is 21.2 Å². The summed E-state index contributed by atoms with van der Waals surface area (Å²) < 4.78 is 37.9. The Morgan fingerprint density at radius 3 is 2.66 bits per heavy atom. The van der Waals surface area contributed by atoms with Gasteiger partial charge < -0.3 is 14.8 Å². The first-order valence-electron chi connectivity index (χ1n) is 10.4. The van der Waals surface area contributed by atoms with E-state index in [4.69, 9.17) is 9.47 Å². The second kappa shape index (κ2) is 7.80. The van der Waals surface area contributed by atoms with Crippen molar-refractivity contribution in [1.82, 2.24) is 9.62 Å². The van der Waals surface area contributed by atoms with Crippen LogP contribution in [0.25, 0.3) is 0 Å². The van der Waals surface area contributed by atoms with Crippen LogP contribution in [0, 0.1) is 5.92 Å². The van der Waals surface area contributed by atoms with Crippen LogP contribution < -0.4 is 14.8 Å². The summed E-state index contributed by atoms with van der Waals surface area (Å²) in [5.74, 6) is 1.46. The van der Waals surface area contributed by atoms with Crippen LogP contribution in [0.3, 0.4) is 0 Å². The van der Waals surface area contributed by atoms with E-state index in [0.29, 0.717) is 31.3 Å². The summed E-state index contributed by atoms with van der Waals surface area (Å²) in [6.45, 7) is 5.67. The van der Waals surface area contributed by atoms with Gasteiger partial charge in [-0.2, -0.15) is 0 Å². The van der Waals surface area contributed by atoms with Gasteiger partial charge in [-0.15, -0.1) is 0 Å². The molecule has 1 N–H and O–H groups in total. The molecule has 1 aliphatic carbocycles. The van der Waals surface area contributed by atoms with E-state index in [-0.39, 0.29) is 23.4 Å². The third-order valence-electron chi connectivity index (χ3n) is 5.88. The Balaban J connectivity index is 1.21. The minimum absolute atomic E-state index is 0.0604. The molecule has 7 nitrogen and oxygen atoms in total. The topological polar surface area (TPSA) is 84.9 Å². The molecule has 1 saturated carbocycles. The number of piperidine rings is 1. The first kappa shape index (κ1) is 20.5. The van der Waals surface area contributed by atoms with Crippen molar-refractivity contribution < 1.29 is 22.7 Å². The van der Waals surface area contributed by atoms with Gasteiger partial charge in [-0.1, -0.05) is 12.1 Å². The molecule has 4 rings (SSSR count). The SMILES string of the molecule is CC1(C)Cc2cccc(OCC(=O)NCC3CCN(S(=O)(=O)C4CC4)CC3)c2O1. The number of carbonyl (C=O) groups excluding carboxylic acids is 1. The second-order valence-electron chi connectivity index (χ2n) is 8.96. The Morgan fingerprint density at radius 2 is 1.97 bits per heavy atom. The number of carbonyl (C=O) groups is 1. The molecule has 1 amide bonds. The Kier molecular flexibility index (Phi) is 5.50. The zero-order chi connectivity index (χ0) is 20.6. The van der Waals surface area contributed by atoms with Gasteiger partial charge in [0.25, 0.3) is 5.91 Å². The van der Waals surface area contributed by atoms with E-state index in [0.717, 1.165) is 43.4 Å². The predicted molar refractivity (Wildman–Crippen MR) is 110 cm³/mol. The van der Waals surface area contributed by atoms with Crippen LogP contribution >= 0.6 is 0 Å². The van der Waals surface area contributed by atoms with Crippen molar-refractivity contribution >= 4 is 15.9 Å². The molecule has 29 heavy (non-hydrogen) atoms. The predicted octanol–water partition coefficient (Wildman–Crippen LogP) is 2.10. The summed E-state index contributed by atoms with van der Waals surface area (Å²) in [6.07, 6.45) is 3.97. The molecule has 1 aromatic rings. The van der Waals surface area contributed by atoms with E-state index in [1.807, 2.05) is 32.0 Å². The van der Waals surface area contributed by atoms with Crippen molar-refractivity contribution in [2.75, 3.05) is 26.2 Å². The van der Waals surface area contributed by atoms with Crippen molar-refractivity contribution in [3.05, 3.63) is 23.8 Å². The molecule has 2 aliphatic heterocycles. The lowest BCUT2D eigenvalue weighted by molar-refractivity contribution is -0.123. The molecule has 0 bridgehead atoms. The zero-order valence-electron chi connectivity index (χ0n) is 17.1. The van der Waals surface area contributed by atoms with E-state index in [1.165, 1.54) is 0 Å². The number of sulfonamides is 1. The van der Waals surface area contributed by atoms with Gasteiger partial charge in [0, 0.05) is 31.6 Å². The number of amides is 1. The van der Waals surface area contributed by atoms with E-state index in [2.05, 4.69) is 5.32 Å². The van der Waals surface area contributed by atoms with E-state index >= 15 is 0 Å². The maximum atomic E-state index is 12.3. The van der Waals surface area contributed by atoms with Crippen molar-refractivity contribution in [2.24, 2.45) is 5.92 Å². The zero-order valence-corrected chi connectivity index (χ0v) is 18.0. The summed E-state index contributed by atoms with van der Waals surface area (Å²) in [7, 11) is -3.08. The highest BCUT2D eigenvalue weighted by Crippen LogP contribution is 2.41. The van der Waals surface area contributed by atoms with Crippen molar-refractivity contribution in [1.29, 1.82) is 0 Å². The Hall–Kier alpha value is -1.80. The van der Waals surface area contributed by atoms with E-state index in [9.17, 15) is 13.2 Å². The maximum Gasteiger partial charge on any atom is 0.257 e. The summed E-state index contributed by atoms with van der Waals surface area (Å²) in [5, 5.41) is 2.77. The van der Waals surface area contributed by atoms with Crippen LogP contribution in [0.5, 0.6) is 11.5 Å². The minimum Gasteiger partial charge on any atom is -0.483 e. The monoisotopic (exact) mass is 422 g/mol. The minimum atomic E-state index is -3.08. The number of hydrogen-bond acceptors (Lipinski definition) is 5. The van der Waals surface area contributed by atoms with Gasteiger partial charge in [0.05, 0.1) is 5.25 Å². The fourth-order valence-corrected chi connectivity index (χ4v) is 5.97. The first-order valence-corrected chi connectivity index (χ1v) is 11.9. The molecular weight excluding hydrogens is 392 g/mol. The van der Waals surface area contributed by atoms with E-state index in [1.54, 1.807) is 4.31 Å². The number of nitrogens with zero attached hydrogens (tertiary/aromatic N) is 1. The van der Waals surface area contributed by atoms with Gasteiger partial charge in [-0.25, -0.2) is 12.7 Å². The molecule has 0 radical (unpaired) electrons. The highest BCUT2D eigenvalue weighted by molar-refractivity contribution is 7.90. The summed E-state index contributed by atoms with van der Waals surface area (Å²) in [5.41, 5.74) is 0.840. The molecule has 2 fully saturated rings. The molecule has 1 aromatic carbocycles. The summed E-state index contributed by atoms with van der Waals surface area (Å²) in [4.78, 5) is 12.2. The van der Waals surface area contributed by atoms with Crippen molar-refractivity contribution in [3.8, 4) is 11.5 Å². The molecule has 160 valence electrons. The van der Waals surface area contributed by atoms with Crippen LogP contribution in [-0.4, -0.2) is 55.7 Å². The van der Waals surface area contributed by atoms with Crippen molar-refractivity contribution in [2.45, 2.75) is 56.8 Å². The second-order valence-corrected chi connectivity index (χ2v) is 11.2. The average Bonchev–Trinajstić information content (AvgIpc) is 3.48. The smallest absolute Gasteiger partial charge is 0.257 e. The number of hydrogen-bond donors (Lipinski definition) is 1. The first-order chi connectivity index (χ1) is 13.7. The lowest BCUT2D eigenvalue weighted by Crippen LogP contribution is -2.43. The van der Waals surface area contributed by atoms with Gasteiger partial charge in [0.15, 0.2) is 18.1 Å². The molecule has 0 aromatic heterocycles. The van der Waals surface area contributed by atoms with Gasteiger partial charge in [0.2, 0.25) is 10.0 Å². The van der Waals surface area contributed by atoms with Crippen LogP contribution in [0.4, 0.5) is 0 Å². The Bertz CT molecular complexity index is 871. The number of para-hydroxylation sites is 1. The molecule has 3 aliphatic rings. The highest BCUT2D eigenvalue weighted by Gasteiger charge is 2.41. The molecular formula is C21H30N2O5S. The lowest BCUT2D eigenvalue weighted by atomic mass is 9.98. The average molecular weight is 423 g/mol. The van der Waals surface area contributed by atoms with E-state index < -0.39 is 10.0 Å². The third-order valence-corrected chi connectivity index (χ3v) is 8.28. The fraction of sp³-hybridized carbons (Fsp3) is 0.667. The number of ether oxygens (including phenoxy) is 2. The molecule has 8 heteroatoms. The third kappa shape index (κ3) is 4.69. The lowest BCUT2D eigenvalue weighted by Gasteiger charge is -2.31. The molecule has 0 spiro atoms. The van der Waals surface area contributed by atoms with Crippen LogP contribution in [0.1, 0.15) is 45.1 Å². The van der Waals surface area contributed by atoms with Gasteiger partial charge in [-0.05, 0) is 51.5 Å². The van der Waals surface area contributed by atoms with Gasteiger partial charge in [-0.3, -0.25) is 4.79 Å². The Labute approximate surface area is 172 Å². The normalized spacial score (nSPS) is 22.0. The number of benzene rings is 1. The molecule has 0 unspecified atom stereocenters. The highest BCUT2D eigenvalue weighted by atomic mass is 32.2. The molecule has 0 atom stereocenters. The number of rotatable bonds is 7. The Morgan fingerprint density at radius 1 is 1.24 bits per heavy atom. The maximum absolute atomic E-state index is 12.3. The van der Waals surface area contributed by atoms with Crippen molar-refractivity contribution in [3.63, 3.8) is 0 Å². The van der Waals surface area contributed by atoms with Gasteiger partial charge >= 0.3 is 0 Å². The summed E-state index contributed by atoms with van der Waals surface area (Å²) >= 11 is 0. The fourth-order valence-electron chi connectivity index (χ4n) is 4.10. The summed E-state index contributed by atoms with van der Waals surface area (Å²) in [6, 6.07) is 5.76. The largest absolute Gasteiger partial charge is 0.483 e. The van der Waals surface area contributed by atoms with Crippen LogP contribution in [0.15, 0.2) is 18.2 Å². The van der Waals surface area contributed by atoms with Crippen LogP contribution in [0.2, 0.25) is 0 Å². The molecule has 2 heterocycles. The number of nitrogens with one attached hydrogen (secondary N) is 1. The van der Waals surface area contributed by atoms with Gasteiger partial charge in [0.1, 0.15) is 5.60 Å².